The Kier molecular flexibility index (Phi) is 4.89. The van der Waals surface area contributed by atoms with E-state index in [9.17, 15) is 4.79 Å². The lowest BCUT2D eigenvalue weighted by Crippen LogP contribution is -2.37. The minimum absolute atomic E-state index is 0.212. The lowest BCUT2D eigenvalue weighted by molar-refractivity contribution is -0.122. The van der Waals surface area contributed by atoms with Gasteiger partial charge in [-0.1, -0.05) is 0 Å². The predicted octanol–water partition coefficient (Wildman–Crippen LogP) is 0.650. The number of amides is 1. The van der Waals surface area contributed by atoms with Crippen LogP contribution in [0, 0.1) is 13.8 Å². The molecule has 2 heterocycles. The number of aryl methyl sites for hydroxylation is 2. The number of nitrogens with two attached hydrogens (primary N) is 1. The summed E-state index contributed by atoms with van der Waals surface area (Å²) in [5.74, 6) is -0.212. The van der Waals surface area contributed by atoms with Gasteiger partial charge in [-0.15, -0.1) is 0 Å². The van der Waals surface area contributed by atoms with E-state index in [-0.39, 0.29) is 5.91 Å². The van der Waals surface area contributed by atoms with E-state index in [2.05, 4.69) is 25.8 Å². The number of nitrogens with one attached hydrogen (secondary N) is 3. The second kappa shape index (κ2) is 6.85. The maximum absolute atomic E-state index is 12.0. The first-order valence-electron chi connectivity index (χ1n) is 6.78. The summed E-state index contributed by atoms with van der Waals surface area (Å²) in [5.41, 5.74) is 9.22. The first kappa shape index (κ1) is 15.0. The van der Waals surface area contributed by atoms with Crippen molar-refractivity contribution in [2.24, 2.45) is 5.73 Å². The number of hydrogen-bond acceptors (Lipinski definition) is 5. The number of aromatic nitrogens is 3. The molecule has 0 saturated heterocycles. The number of anilines is 1. The van der Waals surface area contributed by atoms with Crippen molar-refractivity contribution >= 4 is 11.6 Å². The molecule has 7 nitrogen and oxygen atoms in total. The molecule has 1 unspecified atom stereocenters. The molecular weight excluding hydrogens is 268 g/mol. The second-order valence-corrected chi connectivity index (χ2v) is 4.78. The normalized spacial score (nSPS) is 12.0. The molecule has 112 valence electrons. The number of nitrogens with zero attached hydrogens (tertiary/aromatic N) is 2. The summed E-state index contributed by atoms with van der Waals surface area (Å²) < 4.78 is 0. The first-order valence-corrected chi connectivity index (χ1v) is 6.78. The van der Waals surface area contributed by atoms with Gasteiger partial charge in [-0.05, 0) is 26.0 Å². The lowest BCUT2D eigenvalue weighted by atomic mass is 10.1. The van der Waals surface area contributed by atoms with Crippen molar-refractivity contribution in [3.8, 4) is 0 Å². The molecule has 0 spiro atoms. The Labute approximate surface area is 123 Å². The molecule has 2 aromatic rings. The van der Waals surface area contributed by atoms with Crippen LogP contribution in [0.4, 0.5) is 5.69 Å². The standard InChI is InChI=1S/C14H20N6O/c1-9-12(10(2)20-19-9)13(15)14(21)18-7-6-17-11-4-3-5-16-8-11/h3-5,8,13,17H,6-7,15H2,1-2H3,(H,18,21)(H,19,20). The molecule has 0 aliphatic heterocycles. The fraction of sp³-hybridized carbons (Fsp3) is 0.357. The van der Waals surface area contributed by atoms with Crippen molar-refractivity contribution in [1.82, 2.24) is 20.5 Å². The van der Waals surface area contributed by atoms with E-state index in [1.165, 1.54) is 0 Å². The van der Waals surface area contributed by atoms with Gasteiger partial charge in [-0.25, -0.2) is 0 Å². The van der Waals surface area contributed by atoms with Crippen LogP contribution in [0.3, 0.4) is 0 Å². The largest absolute Gasteiger partial charge is 0.382 e. The fourth-order valence-corrected chi connectivity index (χ4v) is 2.12. The first-order chi connectivity index (χ1) is 10.1. The summed E-state index contributed by atoms with van der Waals surface area (Å²) >= 11 is 0. The molecule has 0 aliphatic carbocycles. The average Bonchev–Trinajstić information content (AvgIpc) is 2.83. The molecule has 5 N–H and O–H groups in total. The highest BCUT2D eigenvalue weighted by molar-refractivity contribution is 5.83. The number of hydrogen-bond donors (Lipinski definition) is 4. The molecule has 0 radical (unpaired) electrons. The van der Waals surface area contributed by atoms with Gasteiger partial charge in [0.15, 0.2) is 0 Å². The topological polar surface area (TPSA) is 109 Å². The van der Waals surface area contributed by atoms with Crippen molar-refractivity contribution in [2.45, 2.75) is 19.9 Å². The van der Waals surface area contributed by atoms with Crippen LogP contribution in [0.5, 0.6) is 0 Å². The SMILES string of the molecule is Cc1n[nH]c(C)c1C(N)C(=O)NCCNc1cccnc1. The van der Waals surface area contributed by atoms with Crippen LogP contribution in [0.2, 0.25) is 0 Å². The van der Waals surface area contributed by atoms with Crippen LogP contribution in [0.15, 0.2) is 24.5 Å². The smallest absolute Gasteiger partial charge is 0.241 e. The molecule has 2 rings (SSSR count). The molecule has 21 heavy (non-hydrogen) atoms. The Balaban J connectivity index is 1.80. The zero-order valence-electron chi connectivity index (χ0n) is 12.2. The van der Waals surface area contributed by atoms with E-state index in [1.807, 2.05) is 26.0 Å². The number of rotatable bonds is 6. The Hall–Kier alpha value is -2.41. The van der Waals surface area contributed by atoms with Crippen LogP contribution in [0.25, 0.3) is 0 Å². The third kappa shape index (κ3) is 3.79. The summed E-state index contributed by atoms with van der Waals surface area (Å²) in [4.78, 5) is 16.0. The number of carbonyl (C=O) groups is 1. The highest BCUT2D eigenvalue weighted by Crippen LogP contribution is 2.17. The number of aromatic amines is 1. The van der Waals surface area contributed by atoms with Gasteiger partial charge in [0.05, 0.1) is 11.4 Å². The summed E-state index contributed by atoms with van der Waals surface area (Å²) in [5, 5.41) is 12.9. The summed E-state index contributed by atoms with van der Waals surface area (Å²) in [6, 6.07) is 3.06. The lowest BCUT2D eigenvalue weighted by Gasteiger charge is -2.13. The molecule has 0 fully saturated rings. The molecule has 0 aromatic carbocycles. The third-order valence-corrected chi connectivity index (χ3v) is 3.19. The van der Waals surface area contributed by atoms with Crippen LogP contribution in [0.1, 0.15) is 23.0 Å². The van der Waals surface area contributed by atoms with Gasteiger partial charge < -0.3 is 16.4 Å². The third-order valence-electron chi connectivity index (χ3n) is 3.19. The monoisotopic (exact) mass is 288 g/mol. The summed E-state index contributed by atoms with van der Waals surface area (Å²) in [7, 11) is 0. The maximum Gasteiger partial charge on any atom is 0.241 e. The van der Waals surface area contributed by atoms with Gasteiger partial charge in [0, 0.05) is 36.7 Å². The molecule has 1 atom stereocenters. The zero-order valence-corrected chi connectivity index (χ0v) is 12.2. The van der Waals surface area contributed by atoms with Crippen LogP contribution < -0.4 is 16.4 Å². The minimum Gasteiger partial charge on any atom is -0.382 e. The highest BCUT2D eigenvalue weighted by Gasteiger charge is 2.21. The van der Waals surface area contributed by atoms with Gasteiger partial charge >= 0.3 is 0 Å². The van der Waals surface area contributed by atoms with Gasteiger partial charge in [-0.3, -0.25) is 14.9 Å². The Morgan fingerprint density at radius 3 is 2.86 bits per heavy atom. The second-order valence-electron chi connectivity index (χ2n) is 4.78. The Morgan fingerprint density at radius 1 is 1.43 bits per heavy atom. The van der Waals surface area contributed by atoms with Gasteiger partial charge in [-0.2, -0.15) is 5.10 Å². The van der Waals surface area contributed by atoms with E-state index in [4.69, 9.17) is 5.73 Å². The quantitative estimate of drug-likeness (QED) is 0.584. The molecule has 2 aromatic heterocycles. The van der Waals surface area contributed by atoms with Crippen molar-refractivity contribution < 1.29 is 4.79 Å². The van der Waals surface area contributed by atoms with Crippen LogP contribution in [-0.4, -0.2) is 34.2 Å². The van der Waals surface area contributed by atoms with Crippen LogP contribution >= 0.6 is 0 Å². The number of pyridine rings is 1. The zero-order chi connectivity index (χ0) is 15.2. The molecule has 1 amide bonds. The van der Waals surface area contributed by atoms with E-state index >= 15 is 0 Å². The van der Waals surface area contributed by atoms with Crippen molar-refractivity contribution in [3.63, 3.8) is 0 Å². The van der Waals surface area contributed by atoms with Gasteiger partial charge in [0.25, 0.3) is 0 Å². The molecular formula is C14H20N6O. The minimum atomic E-state index is -0.706. The van der Waals surface area contributed by atoms with E-state index in [1.54, 1.807) is 12.4 Å². The molecule has 7 heteroatoms. The Bertz CT molecular complexity index is 575. The molecule has 0 saturated carbocycles. The van der Waals surface area contributed by atoms with Gasteiger partial charge in [0.1, 0.15) is 6.04 Å². The van der Waals surface area contributed by atoms with Crippen molar-refractivity contribution in [2.75, 3.05) is 18.4 Å². The van der Waals surface area contributed by atoms with Crippen LogP contribution in [-0.2, 0) is 4.79 Å². The summed E-state index contributed by atoms with van der Waals surface area (Å²) in [6.45, 7) is 4.77. The maximum atomic E-state index is 12.0. The highest BCUT2D eigenvalue weighted by atomic mass is 16.2. The van der Waals surface area contributed by atoms with Crippen molar-refractivity contribution in [1.29, 1.82) is 0 Å². The number of H-pyrrole nitrogens is 1. The van der Waals surface area contributed by atoms with E-state index in [0.717, 1.165) is 22.6 Å². The predicted molar refractivity (Wildman–Crippen MR) is 80.7 cm³/mol. The van der Waals surface area contributed by atoms with E-state index in [0.29, 0.717) is 13.1 Å². The van der Waals surface area contributed by atoms with Gasteiger partial charge in [0.2, 0.25) is 5.91 Å². The fourth-order valence-electron chi connectivity index (χ4n) is 2.12. The van der Waals surface area contributed by atoms with Crippen molar-refractivity contribution in [3.05, 3.63) is 41.5 Å². The summed E-state index contributed by atoms with van der Waals surface area (Å²) in [6.07, 6.45) is 3.44. The molecule has 0 aliphatic rings. The van der Waals surface area contributed by atoms with E-state index < -0.39 is 6.04 Å². The number of carbonyl (C=O) groups excluding carboxylic acids is 1. The Morgan fingerprint density at radius 2 is 2.24 bits per heavy atom. The molecule has 0 bridgehead atoms. The average molecular weight is 288 g/mol.